The average molecular weight is 279 g/mol. The zero-order chi connectivity index (χ0) is 14.8. The van der Waals surface area contributed by atoms with Crippen molar-refractivity contribution in [3.63, 3.8) is 0 Å². The summed E-state index contributed by atoms with van der Waals surface area (Å²) in [5.74, 6) is -1.16. The van der Waals surface area contributed by atoms with E-state index in [0.717, 1.165) is 37.2 Å². The van der Waals surface area contributed by atoms with E-state index in [1.54, 1.807) is 6.07 Å². The third kappa shape index (κ3) is 3.30. The van der Waals surface area contributed by atoms with Crippen LogP contribution in [0.1, 0.15) is 45.1 Å². The predicted octanol–water partition coefficient (Wildman–Crippen LogP) is 3.57. The summed E-state index contributed by atoms with van der Waals surface area (Å²) < 4.78 is 13.6. The van der Waals surface area contributed by atoms with Crippen LogP contribution >= 0.6 is 0 Å². The van der Waals surface area contributed by atoms with Gasteiger partial charge in [0.2, 0.25) is 0 Å². The van der Waals surface area contributed by atoms with Gasteiger partial charge < -0.3 is 10.0 Å². The number of aliphatic carboxylic acids is 1. The van der Waals surface area contributed by atoms with Crippen molar-refractivity contribution >= 4 is 11.7 Å². The molecule has 0 aromatic heterocycles. The summed E-state index contributed by atoms with van der Waals surface area (Å²) in [6.07, 6.45) is 3.50. The van der Waals surface area contributed by atoms with E-state index in [1.807, 2.05) is 13.8 Å². The Bertz CT molecular complexity index is 493. The Kier molecular flexibility index (Phi) is 4.31. The molecule has 1 saturated heterocycles. The van der Waals surface area contributed by atoms with Gasteiger partial charge in [-0.2, -0.15) is 0 Å². The van der Waals surface area contributed by atoms with Crippen LogP contribution in [0.3, 0.4) is 0 Å². The van der Waals surface area contributed by atoms with E-state index in [9.17, 15) is 9.18 Å². The smallest absolute Gasteiger partial charge is 0.304 e. The third-order valence-electron chi connectivity index (χ3n) is 3.98. The van der Waals surface area contributed by atoms with Crippen LogP contribution in [0.2, 0.25) is 0 Å². The first kappa shape index (κ1) is 14.8. The van der Waals surface area contributed by atoms with Crippen LogP contribution < -0.4 is 4.90 Å². The van der Waals surface area contributed by atoms with E-state index in [1.165, 1.54) is 18.6 Å². The lowest BCUT2D eigenvalue weighted by Crippen LogP contribution is -2.33. The van der Waals surface area contributed by atoms with E-state index >= 15 is 0 Å². The van der Waals surface area contributed by atoms with Gasteiger partial charge >= 0.3 is 5.97 Å². The van der Waals surface area contributed by atoms with Crippen molar-refractivity contribution in [3.05, 3.63) is 29.6 Å². The number of benzene rings is 1. The molecule has 1 aromatic carbocycles. The summed E-state index contributed by atoms with van der Waals surface area (Å²) in [5, 5.41) is 9.07. The Morgan fingerprint density at radius 3 is 2.55 bits per heavy atom. The lowest BCUT2D eigenvalue weighted by molar-refractivity contribution is -0.138. The van der Waals surface area contributed by atoms with Gasteiger partial charge in [-0.3, -0.25) is 4.79 Å². The Morgan fingerprint density at radius 1 is 1.30 bits per heavy atom. The summed E-state index contributed by atoms with van der Waals surface area (Å²) in [5.41, 5.74) is 1.19. The average Bonchev–Trinajstić information content (AvgIpc) is 2.38. The van der Waals surface area contributed by atoms with E-state index < -0.39 is 11.4 Å². The minimum absolute atomic E-state index is 0.00269. The van der Waals surface area contributed by atoms with Gasteiger partial charge in [-0.05, 0) is 43.0 Å². The van der Waals surface area contributed by atoms with Crippen LogP contribution in [-0.2, 0) is 10.2 Å². The van der Waals surface area contributed by atoms with E-state index in [4.69, 9.17) is 5.11 Å². The number of hydrogen-bond donors (Lipinski definition) is 1. The van der Waals surface area contributed by atoms with E-state index in [0.29, 0.717) is 0 Å². The molecule has 0 unspecified atom stereocenters. The molecule has 0 radical (unpaired) electrons. The van der Waals surface area contributed by atoms with Crippen LogP contribution in [-0.4, -0.2) is 24.2 Å². The third-order valence-corrected chi connectivity index (χ3v) is 3.98. The molecule has 20 heavy (non-hydrogen) atoms. The quantitative estimate of drug-likeness (QED) is 0.916. The summed E-state index contributed by atoms with van der Waals surface area (Å²) in [4.78, 5) is 13.3. The highest BCUT2D eigenvalue weighted by atomic mass is 19.1. The van der Waals surface area contributed by atoms with Crippen molar-refractivity contribution in [2.24, 2.45) is 0 Å². The molecule has 1 heterocycles. The second-order valence-electron chi connectivity index (χ2n) is 6.16. The molecule has 4 heteroatoms. The predicted molar refractivity (Wildman–Crippen MR) is 77.7 cm³/mol. The Morgan fingerprint density at radius 2 is 1.95 bits per heavy atom. The molecule has 2 rings (SSSR count). The molecule has 0 spiro atoms. The fraction of sp³-hybridized carbons (Fsp3) is 0.562. The molecule has 1 fully saturated rings. The molecule has 0 bridgehead atoms. The van der Waals surface area contributed by atoms with Gasteiger partial charge in [0.1, 0.15) is 5.82 Å². The number of carboxylic acids is 1. The topological polar surface area (TPSA) is 40.5 Å². The number of carbonyl (C=O) groups is 1. The number of nitrogens with zero attached hydrogens (tertiary/aromatic N) is 1. The van der Waals surface area contributed by atoms with Crippen molar-refractivity contribution in [2.45, 2.75) is 44.9 Å². The number of piperidine rings is 1. The van der Waals surface area contributed by atoms with Crippen LogP contribution in [0.4, 0.5) is 10.1 Å². The molecule has 1 aliphatic rings. The lowest BCUT2D eigenvalue weighted by Gasteiger charge is -2.35. The van der Waals surface area contributed by atoms with E-state index in [2.05, 4.69) is 4.90 Å². The molecule has 1 N–H and O–H groups in total. The normalized spacial score (nSPS) is 16.2. The monoisotopic (exact) mass is 279 g/mol. The van der Waals surface area contributed by atoms with Gasteiger partial charge in [0.05, 0.1) is 6.42 Å². The van der Waals surface area contributed by atoms with Crippen molar-refractivity contribution in [1.29, 1.82) is 0 Å². The highest BCUT2D eigenvalue weighted by Gasteiger charge is 2.29. The Hall–Kier alpha value is -1.58. The van der Waals surface area contributed by atoms with Gasteiger partial charge in [0.25, 0.3) is 0 Å². The standard InChI is InChI=1S/C16H22FNO2/c1-16(2,11-15(19)20)13-10-12(17)6-7-14(13)18-8-4-3-5-9-18/h6-7,10H,3-5,8-9,11H2,1-2H3,(H,19,20). The maximum absolute atomic E-state index is 13.6. The minimum atomic E-state index is -0.858. The number of carboxylic acid groups (broad SMARTS) is 1. The molecular formula is C16H22FNO2. The van der Waals surface area contributed by atoms with Crippen molar-refractivity contribution in [1.82, 2.24) is 0 Å². The molecule has 0 atom stereocenters. The Labute approximate surface area is 119 Å². The molecule has 0 aliphatic carbocycles. The van der Waals surface area contributed by atoms with Gasteiger partial charge in [0.15, 0.2) is 0 Å². The molecule has 1 aromatic rings. The second kappa shape index (κ2) is 5.81. The van der Waals surface area contributed by atoms with Gasteiger partial charge in [0, 0.05) is 24.2 Å². The van der Waals surface area contributed by atoms with Crippen molar-refractivity contribution in [3.8, 4) is 0 Å². The lowest BCUT2D eigenvalue weighted by atomic mass is 9.80. The van der Waals surface area contributed by atoms with Gasteiger partial charge in [-0.1, -0.05) is 13.8 Å². The van der Waals surface area contributed by atoms with Crippen LogP contribution in [0.5, 0.6) is 0 Å². The maximum atomic E-state index is 13.6. The van der Waals surface area contributed by atoms with Crippen LogP contribution in [0.25, 0.3) is 0 Å². The minimum Gasteiger partial charge on any atom is -0.481 e. The summed E-state index contributed by atoms with van der Waals surface area (Å²) in [6.45, 7) is 5.65. The molecular weight excluding hydrogens is 257 g/mol. The van der Waals surface area contributed by atoms with E-state index in [-0.39, 0.29) is 12.2 Å². The molecule has 3 nitrogen and oxygen atoms in total. The number of anilines is 1. The second-order valence-corrected chi connectivity index (χ2v) is 6.16. The SMILES string of the molecule is CC(C)(CC(=O)O)c1cc(F)ccc1N1CCCCC1. The zero-order valence-corrected chi connectivity index (χ0v) is 12.2. The largest absolute Gasteiger partial charge is 0.481 e. The number of halogens is 1. The fourth-order valence-electron chi connectivity index (χ4n) is 2.93. The molecule has 0 amide bonds. The first-order valence-electron chi connectivity index (χ1n) is 7.17. The van der Waals surface area contributed by atoms with Gasteiger partial charge in [-0.15, -0.1) is 0 Å². The molecule has 110 valence electrons. The Balaban J connectivity index is 2.39. The summed E-state index contributed by atoms with van der Waals surface area (Å²) in [7, 11) is 0. The van der Waals surface area contributed by atoms with Gasteiger partial charge in [-0.25, -0.2) is 4.39 Å². The zero-order valence-electron chi connectivity index (χ0n) is 12.2. The van der Waals surface area contributed by atoms with Crippen molar-refractivity contribution < 1.29 is 14.3 Å². The van der Waals surface area contributed by atoms with Crippen molar-refractivity contribution in [2.75, 3.05) is 18.0 Å². The highest BCUT2D eigenvalue weighted by molar-refractivity contribution is 5.70. The summed E-state index contributed by atoms with van der Waals surface area (Å²) in [6, 6.07) is 4.75. The molecule has 0 saturated carbocycles. The highest BCUT2D eigenvalue weighted by Crippen LogP contribution is 2.36. The van der Waals surface area contributed by atoms with Crippen LogP contribution in [0, 0.1) is 5.82 Å². The summed E-state index contributed by atoms with van der Waals surface area (Å²) >= 11 is 0. The first-order valence-corrected chi connectivity index (χ1v) is 7.17. The fourth-order valence-corrected chi connectivity index (χ4v) is 2.93. The number of hydrogen-bond acceptors (Lipinski definition) is 2. The first-order chi connectivity index (χ1) is 9.40. The maximum Gasteiger partial charge on any atom is 0.304 e. The van der Waals surface area contributed by atoms with Crippen LogP contribution in [0.15, 0.2) is 18.2 Å². The molecule has 1 aliphatic heterocycles. The number of rotatable bonds is 4.